The average Bonchev–Trinajstić information content (AvgIpc) is 2.39. The van der Waals surface area contributed by atoms with Crippen LogP contribution in [0.4, 0.5) is 0 Å². The van der Waals surface area contributed by atoms with Crippen LogP contribution in [0.2, 0.25) is 0 Å². The van der Waals surface area contributed by atoms with Crippen LogP contribution in [0.15, 0.2) is 29.2 Å². The molecule has 1 rings (SSSR count). The van der Waals surface area contributed by atoms with Crippen LogP contribution < -0.4 is 0 Å². The molecule has 1 aromatic carbocycles. The van der Waals surface area contributed by atoms with Crippen molar-refractivity contribution in [2.75, 3.05) is 13.4 Å². The Morgan fingerprint density at radius 2 is 1.85 bits per heavy atom. The van der Waals surface area contributed by atoms with Crippen LogP contribution in [0.5, 0.6) is 0 Å². The number of sulfone groups is 1. The summed E-state index contributed by atoms with van der Waals surface area (Å²) in [6, 6.07) is 6.77. The van der Waals surface area contributed by atoms with Crippen molar-refractivity contribution in [1.82, 2.24) is 0 Å². The van der Waals surface area contributed by atoms with Crippen LogP contribution in [0.1, 0.15) is 18.9 Å². The largest absolute Gasteiger partial charge is 0.469 e. The van der Waals surface area contributed by atoms with Crippen LogP contribution in [-0.4, -0.2) is 32.3 Å². The number of hydrogen-bond acceptors (Lipinski definition) is 5. The topological polar surface area (TPSA) is 60.4 Å². The molecule has 0 amide bonds. The monoisotopic (exact) mass is 316 g/mol. The summed E-state index contributed by atoms with van der Waals surface area (Å²) in [5, 5.41) is 0. The van der Waals surface area contributed by atoms with Gasteiger partial charge in [-0.1, -0.05) is 24.6 Å². The van der Waals surface area contributed by atoms with Gasteiger partial charge in [0.15, 0.2) is 9.84 Å². The number of aryl methyl sites for hydroxylation is 1. The lowest BCUT2D eigenvalue weighted by Gasteiger charge is -2.21. The molecule has 0 radical (unpaired) electrons. The number of rotatable bonds is 6. The first-order chi connectivity index (χ1) is 9.32. The highest BCUT2D eigenvalue weighted by atomic mass is 32.3. The molecule has 0 aliphatic heterocycles. The van der Waals surface area contributed by atoms with Crippen LogP contribution in [0.3, 0.4) is 0 Å². The first kappa shape index (κ1) is 17.0. The van der Waals surface area contributed by atoms with Gasteiger partial charge in [0.25, 0.3) is 0 Å². The molecule has 0 spiro atoms. The van der Waals surface area contributed by atoms with Crippen LogP contribution >= 0.6 is 11.8 Å². The Hall–Kier alpha value is -1.01. The zero-order valence-corrected chi connectivity index (χ0v) is 13.8. The van der Waals surface area contributed by atoms with Crippen molar-refractivity contribution in [3.8, 4) is 0 Å². The molecule has 0 aliphatic carbocycles. The Balaban J connectivity index is 3.03. The molecule has 4 nitrogen and oxygen atoms in total. The molecule has 20 heavy (non-hydrogen) atoms. The lowest BCUT2D eigenvalue weighted by atomic mass is 10.1. The van der Waals surface area contributed by atoms with E-state index in [1.54, 1.807) is 37.4 Å². The molecular formula is C14H20O4S2. The third-order valence-electron chi connectivity index (χ3n) is 3.07. The first-order valence-electron chi connectivity index (χ1n) is 6.23. The summed E-state index contributed by atoms with van der Waals surface area (Å²) >= 11 is 1.24. The molecule has 1 aromatic rings. The van der Waals surface area contributed by atoms with Gasteiger partial charge in [0.05, 0.1) is 18.4 Å². The fraction of sp³-hybridized carbons (Fsp3) is 0.500. The van der Waals surface area contributed by atoms with E-state index in [0.717, 1.165) is 5.56 Å². The Kier molecular flexibility index (Phi) is 6.07. The second kappa shape index (κ2) is 7.13. The lowest BCUT2D eigenvalue weighted by molar-refractivity contribution is -0.141. The molecule has 2 atom stereocenters. The van der Waals surface area contributed by atoms with E-state index in [2.05, 4.69) is 4.74 Å². The molecular weight excluding hydrogens is 296 g/mol. The van der Waals surface area contributed by atoms with E-state index in [1.807, 2.05) is 6.92 Å². The number of methoxy groups -OCH3 is 1. The molecule has 112 valence electrons. The Labute approximate surface area is 124 Å². The standard InChI is InChI=1S/C14H20O4S2/c1-10-5-7-12(8-6-10)20(16,17)14(19-4)11(2)9-13(15)18-3/h5-8,11,14H,9H2,1-4H3. The predicted molar refractivity (Wildman–Crippen MR) is 81.5 cm³/mol. The second-order valence-electron chi connectivity index (χ2n) is 4.72. The van der Waals surface area contributed by atoms with E-state index >= 15 is 0 Å². The molecule has 2 unspecified atom stereocenters. The van der Waals surface area contributed by atoms with E-state index in [0.29, 0.717) is 4.90 Å². The summed E-state index contributed by atoms with van der Waals surface area (Å²) in [6.45, 7) is 3.66. The molecule has 6 heteroatoms. The summed E-state index contributed by atoms with van der Waals surface area (Å²) in [7, 11) is -2.16. The van der Waals surface area contributed by atoms with Gasteiger partial charge in [0.2, 0.25) is 0 Å². The minimum Gasteiger partial charge on any atom is -0.469 e. The quantitative estimate of drug-likeness (QED) is 0.755. The summed E-state index contributed by atoms with van der Waals surface area (Å²) in [4.78, 5) is 11.6. The van der Waals surface area contributed by atoms with Gasteiger partial charge in [-0.2, -0.15) is 0 Å². The lowest BCUT2D eigenvalue weighted by Crippen LogP contribution is -2.27. The number of esters is 1. The van der Waals surface area contributed by atoms with Crippen molar-refractivity contribution < 1.29 is 17.9 Å². The minimum absolute atomic E-state index is 0.0904. The van der Waals surface area contributed by atoms with Crippen LogP contribution in [-0.2, 0) is 19.4 Å². The molecule has 0 heterocycles. The zero-order chi connectivity index (χ0) is 15.3. The normalized spacial score (nSPS) is 14.6. The van der Waals surface area contributed by atoms with Gasteiger partial charge in [-0.3, -0.25) is 4.79 Å². The summed E-state index contributed by atoms with van der Waals surface area (Å²) in [5.41, 5.74) is 1.01. The number of carbonyl (C=O) groups excluding carboxylic acids is 1. The zero-order valence-electron chi connectivity index (χ0n) is 12.1. The van der Waals surface area contributed by atoms with Gasteiger partial charge in [0, 0.05) is 0 Å². The molecule has 0 aromatic heterocycles. The van der Waals surface area contributed by atoms with Gasteiger partial charge in [0.1, 0.15) is 4.58 Å². The maximum absolute atomic E-state index is 12.6. The fourth-order valence-electron chi connectivity index (χ4n) is 1.97. The summed E-state index contributed by atoms with van der Waals surface area (Å²) in [5.74, 6) is -0.709. The molecule has 0 bridgehead atoms. The van der Waals surface area contributed by atoms with Gasteiger partial charge in [-0.05, 0) is 31.2 Å². The SMILES string of the molecule is COC(=O)CC(C)C(SC)S(=O)(=O)c1ccc(C)cc1. The van der Waals surface area contributed by atoms with Crippen LogP contribution in [0.25, 0.3) is 0 Å². The molecule has 0 fully saturated rings. The highest BCUT2D eigenvalue weighted by Crippen LogP contribution is 2.31. The first-order valence-corrected chi connectivity index (χ1v) is 9.06. The highest BCUT2D eigenvalue weighted by molar-refractivity contribution is 8.13. The van der Waals surface area contributed by atoms with Crippen molar-refractivity contribution in [2.24, 2.45) is 5.92 Å². The highest BCUT2D eigenvalue weighted by Gasteiger charge is 2.32. The van der Waals surface area contributed by atoms with E-state index in [-0.39, 0.29) is 12.3 Å². The molecule has 0 N–H and O–H groups in total. The van der Waals surface area contributed by atoms with E-state index in [1.165, 1.54) is 18.9 Å². The van der Waals surface area contributed by atoms with Crippen molar-refractivity contribution in [3.63, 3.8) is 0 Å². The van der Waals surface area contributed by atoms with Crippen molar-refractivity contribution in [3.05, 3.63) is 29.8 Å². The average molecular weight is 316 g/mol. The van der Waals surface area contributed by atoms with Gasteiger partial charge in [-0.25, -0.2) is 8.42 Å². The third-order valence-corrected chi connectivity index (χ3v) is 7.34. The second-order valence-corrected chi connectivity index (χ2v) is 8.07. The maximum atomic E-state index is 12.6. The summed E-state index contributed by atoms with van der Waals surface area (Å²) < 4.78 is 29.2. The Bertz CT molecular complexity index is 549. The van der Waals surface area contributed by atoms with E-state index in [9.17, 15) is 13.2 Å². The summed E-state index contributed by atoms with van der Waals surface area (Å²) in [6.07, 6.45) is 1.83. The number of benzene rings is 1. The number of ether oxygens (including phenoxy) is 1. The van der Waals surface area contributed by atoms with Gasteiger partial charge < -0.3 is 4.74 Å². The number of hydrogen-bond donors (Lipinski definition) is 0. The van der Waals surface area contributed by atoms with E-state index < -0.39 is 20.4 Å². The molecule has 0 saturated heterocycles. The van der Waals surface area contributed by atoms with Crippen molar-refractivity contribution in [1.29, 1.82) is 0 Å². The molecule has 0 aliphatic rings. The van der Waals surface area contributed by atoms with Gasteiger partial charge in [-0.15, -0.1) is 11.8 Å². The third kappa shape index (κ3) is 3.99. The minimum atomic E-state index is -3.47. The number of thioether (sulfide) groups is 1. The fourth-order valence-corrected chi connectivity index (χ4v) is 5.37. The van der Waals surface area contributed by atoms with Crippen LogP contribution in [0, 0.1) is 12.8 Å². The number of carbonyl (C=O) groups is 1. The Morgan fingerprint density at radius 1 is 1.30 bits per heavy atom. The van der Waals surface area contributed by atoms with Gasteiger partial charge >= 0.3 is 5.97 Å². The smallest absolute Gasteiger partial charge is 0.305 e. The maximum Gasteiger partial charge on any atom is 0.305 e. The van der Waals surface area contributed by atoms with Crippen molar-refractivity contribution >= 4 is 27.6 Å². The Morgan fingerprint density at radius 3 is 2.30 bits per heavy atom. The predicted octanol–water partition coefficient (Wildman–Crippen LogP) is 2.66. The van der Waals surface area contributed by atoms with Crippen molar-refractivity contribution in [2.45, 2.75) is 29.7 Å². The molecule has 0 saturated carbocycles. The van der Waals surface area contributed by atoms with E-state index in [4.69, 9.17) is 0 Å².